The summed E-state index contributed by atoms with van der Waals surface area (Å²) in [7, 11) is 0. The molecule has 3 heterocycles. The number of imidazole rings is 1. The van der Waals surface area contributed by atoms with E-state index in [2.05, 4.69) is 32.7 Å². The van der Waals surface area contributed by atoms with Gasteiger partial charge in [-0.1, -0.05) is 48.5 Å². The fraction of sp³-hybridized carbons (Fsp3) is 0.214. The third-order valence-electron chi connectivity index (χ3n) is 6.17. The molecule has 4 aromatic rings. The number of hydrogen-bond acceptors (Lipinski definition) is 5. The fourth-order valence-electron chi connectivity index (χ4n) is 4.35. The van der Waals surface area contributed by atoms with Crippen LogP contribution in [0.4, 0.5) is 0 Å². The smallest absolute Gasteiger partial charge is 0.328 e. The van der Waals surface area contributed by atoms with E-state index in [0.29, 0.717) is 38.6 Å². The van der Waals surface area contributed by atoms with Crippen LogP contribution in [0.25, 0.3) is 10.9 Å². The van der Waals surface area contributed by atoms with Gasteiger partial charge < -0.3 is 29.4 Å². The van der Waals surface area contributed by atoms with E-state index in [1.807, 2.05) is 48.2 Å². The third-order valence-corrected chi connectivity index (χ3v) is 6.17. The summed E-state index contributed by atoms with van der Waals surface area (Å²) in [4.78, 5) is 41.9. The first-order valence-electron chi connectivity index (χ1n) is 12.0. The molecule has 0 saturated heterocycles. The van der Waals surface area contributed by atoms with E-state index in [1.165, 1.54) is 0 Å². The molecule has 0 fully saturated rings. The van der Waals surface area contributed by atoms with Crippen molar-refractivity contribution in [1.29, 1.82) is 0 Å². The van der Waals surface area contributed by atoms with Gasteiger partial charge in [0.25, 0.3) is 5.91 Å². The highest BCUT2D eigenvalue weighted by Crippen LogP contribution is 2.31. The molecular weight excluding hydrogens is 488 g/mol. The number of carbonyl (C=O) groups is 3. The number of carboxylic acid groups (broad SMARTS) is 2. The summed E-state index contributed by atoms with van der Waals surface area (Å²) in [5.74, 6) is -2.45. The summed E-state index contributed by atoms with van der Waals surface area (Å²) < 4.78 is 8.18. The van der Waals surface area contributed by atoms with Crippen LogP contribution in [0.5, 0.6) is 0 Å². The molecule has 0 saturated carbocycles. The first kappa shape index (κ1) is 26.4. The van der Waals surface area contributed by atoms with Gasteiger partial charge in [-0.3, -0.25) is 4.79 Å². The second-order valence-corrected chi connectivity index (χ2v) is 8.69. The number of aryl methyl sites for hydroxylation is 1. The summed E-state index contributed by atoms with van der Waals surface area (Å²) in [6, 6.07) is 18.2. The molecule has 1 aliphatic heterocycles. The third kappa shape index (κ3) is 6.16. The monoisotopic (exact) mass is 516 g/mol. The summed E-state index contributed by atoms with van der Waals surface area (Å²) in [5, 5.41) is 16.6. The van der Waals surface area contributed by atoms with Gasteiger partial charge in [0, 0.05) is 41.9 Å². The van der Waals surface area contributed by atoms with Crippen LogP contribution < -0.4 is 0 Å². The molecular formula is C28H28N4O6. The van der Waals surface area contributed by atoms with Crippen LogP contribution in [-0.4, -0.2) is 54.0 Å². The van der Waals surface area contributed by atoms with E-state index in [1.54, 1.807) is 6.33 Å². The van der Waals surface area contributed by atoms with Crippen molar-refractivity contribution < 1.29 is 29.3 Å². The maximum Gasteiger partial charge on any atom is 0.328 e. The largest absolute Gasteiger partial charge is 0.478 e. The average molecular weight is 517 g/mol. The first-order valence-corrected chi connectivity index (χ1v) is 12.0. The predicted molar refractivity (Wildman–Crippen MR) is 139 cm³/mol. The van der Waals surface area contributed by atoms with Crippen molar-refractivity contribution in [2.75, 3.05) is 6.54 Å². The second kappa shape index (κ2) is 12.0. The Kier molecular flexibility index (Phi) is 8.34. The van der Waals surface area contributed by atoms with Crippen molar-refractivity contribution >= 4 is 28.7 Å². The Bertz CT molecular complexity index is 1460. The number of aliphatic carboxylic acids is 2. The Balaban J connectivity index is 0.000000368. The van der Waals surface area contributed by atoms with Crippen molar-refractivity contribution in [3.63, 3.8) is 0 Å². The number of aromatic nitrogens is 3. The minimum absolute atomic E-state index is 0.0664. The lowest BCUT2D eigenvalue weighted by atomic mass is 10.0. The molecule has 0 atom stereocenters. The molecule has 1 aliphatic rings. The van der Waals surface area contributed by atoms with E-state index in [4.69, 9.17) is 14.9 Å². The van der Waals surface area contributed by atoms with E-state index < -0.39 is 11.9 Å². The summed E-state index contributed by atoms with van der Waals surface area (Å²) in [5.41, 5.74) is 5.96. The van der Waals surface area contributed by atoms with Crippen molar-refractivity contribution in [1.82, 2.24) is 19.4 Å². The number of amides is 1. The Morgan fingerprint density at radius 2 is 1.74 bits per heavy atom. The van der Waals surface area contributed by atoms with Crippen LogP contribution in [0.15, 0.2) is 73.1 Å². The molecule has 0 bridgehead atoms. The highest BCUT2D eigenvalue weighted by molar-refractivity contribution is 6.09. The molecule has 10 heteroatoms. The SMILES string of the molecule is Cc1[nH]cnc1CN1CCc2c(c3ccccc3n2COCc2ccccc2)C1=O.O=C(O)/C=C\C(=O)O. The van der Waals surface area contributed by atoms with Crippen molar-refractivity contribution in [2.24, 2.45) is 0 Å². The number of ether oxygens (including phenoxy) is 1. The molecule has 196 valence electrons. The van der Waals surface area contributed by atoms with Crippen molar-refractivity contribution in [3.8, 4) is 0 Å². The number of H-pyrrole nitrogens is 1. The quantitative estimate of drug-likeness (QED) is 0.303. The zero-order valence-electron chi connectivity index (χ0n) is 20.8. The van der Waals surface area contributed by atoms with E-state index in [0.717, 1.165) is 45.5 Å². The highest BCUT2D eigenvalue weighted by atomic mass is 16.5. The van der Waals surface area contributed by atoms with E-state index in [-0.39, 0.29) is 5.91 Å². The van der Waals surface area contributed by atoms with Crippen LogP contribution in [-0.2, 0) is 40.6 Å². The summed E-state index contributed by atoms with van der Waals surface area (Å²) >= 11 is 0. The maximum atomic E-state index is 13.4. The summed E-state index contributed by atoms with van der Waals surface area (Å²) in [6.45, 7) is 4.15. The van der Waals surface area contributed by atoms with Crippen LogP contribution in [0.1, 0.15) is 33.0 Å². The number of aromatic amines is 1. The zero-order valence-corrected chi connectivity index (χ0v) is 20.8. The fourth-order valence-corrected chi connectivity index (χ4v) is 4.35. The summed E-state index contributed by atoms with van der Waals surface area (Å²) in [6.07, 6.45) is 3.60. The molecule has 38 heavy (non-hydrogen) atoms. The Labute approximate surface area is 218 Å². The van der Waals surface area contributed by atoms with Crippen molar-refractivity contribution in [3.05, 3.63) is 101 Å². The number of carboxylic acids is 2. The second-order valence-electron chi connectivity index (χ2n) is 8.69. The number of rotatable bonds is 8. The van der Waals surface area contributed by atoms with Crippen LogP contribution in [0.2, 0.25) is 0 Å². The van der Waals surface area contributed by atoms with Gasteiger partial charge in [0.1, 0.15) is 6.73 Å². The Morgan fingerprint density at radius 1 is 1.05 bits per heavy atom. The number of fused-ring (bicyclic) bond motifs is 3. The molecule has 2 aromatic heterocycles. The van der Waals surface area contributed by atoms with Gasteiger partial charge in [0.05, 0.1) is 36.3 Å². The number of hydrogen-bond donors (Lipinski definition) is 3. The van der Waals surface area contributed by atoms with Crippen LogP contribution in [0.3, 0.4) is 0 Å². The molecule has 2 aromatic carbocycles. The lowest BCUT2D eigenvalue weighted by Gasteiger charge is -2.27. The zero-order chi connectivity index (χ0) is 27.1. The topological polar surface area (TPSA) is 138 Å². The molecule has 1 amide bonds. The number of nitrogens with zero attached hydrogens (tertiary/aromatic N) is 3. The first-order chi connectivity index (χ1) is 18.3. The molecule has 5 rings (SSSR count). The van der Waals surface area contributed by atoms with Gasteiger partial charge >= 0.3 is 11.9 Å². The van der Waals surface area contributed by atoms with Gasteiger partial charge in [-0.25, -0.2) is 14.6 Å². The standard InChI is InChI=1S/C24H24N4O2.C4H4O4/c1-17-20(26-15-25-17)13-27-12-11-22-23(24(27)29)19-9-5-6-10-21(19)28(22)16-30-14-18-7-3-2-4-8-18;5-3(6)1-2-4(7)8/h2-10,15H,11-14,16H2,1H3,(H,25,26);1-2H,(H,5,6)(H,7,8)/b;2-1-. The molecule has 0 unspecified atom stereocenters. The Morgan fingerprint density at radius 3 is 2.39 bits per heavy atom. The van der Waals surface area contributed by atoms with E-state index >= 15 is 0 Å². The average Bonchev–Trinajstić information content (AvgIpc) is 3.46. The highest BCUT2D eigenvalue weighted by Gasteiger charge is 2.31. The molecule has 0 aliphatic carbocycles. The Hall–Kier alpha value is -4.70. The minimum atomic E-state index is -1.26. The molecule has 3 N–H and O–H groups in total. The van der Waals surface area contributed by atoms with Crippen molar-refractivity contribution in [2.45, 2.75) is 33.2 Å². The van der Waals surface area contributed by atoms with Gasteiger partial charge in [-0.05, 0) is 18.6 Å². The number of para-hydroxylation sites is 1. The van der Waals surface area contributed by atoms with Crippen LogP contribution >= 0.6 is 0 Å². The predicted octanol–water partition coefficient (Wildman–Crippen LogP) is 3.76. The van der Waals surface area contributed by atoms with Crippen LogP contribution in [0, 0.1) is 6.92 Å². The minimum Gasteiger partial charge on any atom is -0.478 e. The maximum absolute atomic E-state index is 13.4. The molecule has 10 nitrogen and oxygen atoms in total. The van der Waals surface area contributed by atoms with Gasteiger partial charge in [0.15, 0.2) is 0 Å². The van der Waals surface area contributed by atoms with Gasteiger partial charge in [-0.15, -0.1) is 0 Å². The lowest BCUT2D eigenvalue weighted by molar-refractivity contribution is -0.134. The number of benzene rings is 2. The molecule has 0 spiro atoms. The normalized spacial score (nSPS) is 12.9. The van der Waals surface area contributed by atoms with Gasteiger partial charge in [0.2, 0.25) is 0 Å². The van der Waals surface area contributed by atoms with E-state index in [9.17, 15) is 14.4 Å². The molecule has 0 radical (unpaired) electrons. The van der Waals surface area contributed by atoms with Gasteiger partial charge in [-0.2, -0.15) is 0 Å². The number of nitrogens with one attached hydrogen (secondary N) is 1. The lowest BCUT2D eigenvalue weighted by Crippen LogP contribution is -2.37. The number of carbonyl (C=O) groups excluding carboxylic acids is 1.